The van der Waals surface area contributed by atoms with Crippen LogP contribution in [0.25, 0.3) is 0 Å². The molecule has 2 atom stereocenters. The van der Waals surface area contributed by atoms with Gasteiger partial charge in [-0.05, 0) is 39.3 Å². The van der Waals surface area contributed by atoms with E-state index >= 15 is 0 Å². The number of hydrogen-bond acceptors (Lipinski definition) is 5. The number of alkyl carbamates (subject to hydrolysis) is 1. The molecule has 0 bridgehead atoms. The first kappa shape index (κ1) is 18.6. The molecule has 0 aliphatic carbocycles. The number of halogens is 1. The van der Waals surface area contributed by atoms with E-state index < -0.39 is 33.9 Å². The van der Waals surface area contributed by atoms with E-state index in [9.17, 15) is 17.6 Å². The number of alkyl halides is 1. The van der Waals surface area contributed by atoms with E-state index in [1.54, 1.807) is 32.9 Å². The second kappa shape index (κ2) is 7.02. The van der Waals surface area contributed by atoms with Crippen molar-refractivity contribution in [3.63, 3.8) is 0 Å². The molecule has 0 aromatic carbocycles. The number of amides is 1. The maximum absolute atomic E-state index is 14.3. The molecule has 9 heteroatoms. The second-order valence-electron chi connectivity index (χ2n) is 6.59. The highest BCUT2D eigenvalue weighted by atomic mass is 32.2. The maximum Gasteiger partial charge on any atom is 0.407 e. The van der Waals surface area contributed by atoms with E-state index in [0.29, 0.717) is 0 Å². The number of pyridine rings is 1. The minimum absolute atomic E-state index is 0.0970. The minimum Gasteiger partial charge on any atom is -0.444 e. The van der Waals surface area contributed by atoms with Crippen LogP contribution >= 0.6 is 0 Å². The largest absolute Gasteiger partial charge is 0.444 e. The molecule has 24 heavy (non-hydrogen) atoms. The van der Waals surface area contributed by atoms with E-state index in [0.717, 1.165) is 4.31 Å². The van der Waals surface area contributed by atoms with Gasteiger partial charge in [-0.25, -0.2) is 22.6 Å². The fourth-order valence-corrected chi connectivity index (χ4v) is 3.74. The van der Waals surface area contributed by atoms with Gasteiger partial charge in [0.05, 0.1) is 6.04 Å². The molecule has 2 heterocycles. The van der Waals surface area contributed by atoms with Crippen molar-refractivity contribution < 1.29 is 22.3 Å². The molecular weight excluding hydrogens is 337 g/mol. The van der Waals surface area contributed by atoms with Gasteiger partial charge in [0.15, 0.2) is 5.03 Å². The lowest BCUT2D eigenvalue weighted by molar-refractivity contribution is 0.0438. The molecule has 1 fully saturated rings. The van der Waals surface area contributed by atoms with Crippen molar-refractivity contribution in [3.05, 3.63) is 24.4 Å². The first-order valence-corrected chi connectivity index (χ1v) is 9.08. The monoisotopic (exact) mass is 359 g/mol. The van der Waals surface area contributed by atoms with Crippen LogP contribution in [0.3, 0.4) is 0 Å². The van der Waals surface area contributed by atoms with Crippen LogP contribution in [0.15, 0.2) is 29.4 Å². The third-order valence-electron chi connectivity index (χ3n) is 3.45. The number of carbonyl (C=O) groups excluding carboxylic acids is 1. The van der Waals surface area contributed by atoms with E-state index in [-0.39, 0.29) is 24.5 Å². The average molecular weight is 359 g/mol. The van der Waals surface area contributed by atoms with Crippen LogP contribution in [0.5, 0.6) is 0 Å². The lowest BCUT2D eigenvalue weighted by atomic mass is 10.1. The predicted molar refractivity (Wildman–Crippen MR) is 85.7 cm³/mol. The molecule has 0 unspecified atom stereocenters. The molecule has 1 aliphatic rings. The van der Waals surface area contributed by atoms with Gasteiger partial charge in [0.2, 0.25) is 0 Å². The van der Waals surface area contributed by atoms with Gasteiger partial charge in [-0.15, -0.1) is 0 Å². The Kier molecular flexibility index (Phi) is 5.44. The number of nitrogens with one attached hydrogen (secondary N) is 1. The summed E-state index contributed by atoms with van der Waals surface area (Å²) in [6.07, 6.45) is -0.704. The molecule has 1 saturated heterocycles. The van der Waals surface area contributed by atoms with Crippen LogP contribution in [0.4, 0.5) is 9.18 Å². The Morgan fingerprint density at radius 2 is 2.12 bits per heavy atom. The number of hydrogen-bond donors (Lipinski definition) is 1. The molecule has 1 N–H and O–H groups in total. The molecule has 1 aromatic rings. The molecule has 2 rings (SSSR count). The van der Waals surface area contributed by atoms with Crippen LogP contribution in [-0.4, -0.2) is 54.7 Å². The molecule has 7 nitrogen and oxygen atoms in total. The summed E-state index contributed by atoms with van der Waals surface area (Å²) in [6, 6.07) is 3.75. The molecule has 1 aliphatic heterocycles. The summed E-state index contributed by atoms with van der Waals surface area (Å²) in [7, 11) is -3.84. The van der Waals surface area contributed by atoms with Gasteiger partial charge in [-0.1, -0.05) is 6.07 Å². The highest BCUT2D eigenvalue weighted by Crippen LogP contribution is 2.21. The smallest absolute Gasteiger partial charge is 0.407 e. The summed E-state index contributed by atoms with van der Waals surface area (Å²) in [5, 5.41) is 2.35. The predicted octanol–water partition coefficient (Wildman–Crippen LogP) is 1.71. The summed E-state index contributed by atoms with van der Waals surface area (Å²) in [4.78, 5) is 15.5. The van der Waals surface area contributed by atoms with Gasteiger partial charge in [0, 0.05) is 19.3 Å². The van der Waals surface area contributed by atoms with E-state index in [1.165, 1.54) is 12.3 Å². The van der Waals surface area contributed by atoms with Crippen LogP contribution < -0.4 is 5.32 Å². The van der Waals surface area contributed by atoms with Gasteiger partial charge in [0.1, 0.15) is 11.8 Å². The first-order valence-electron chi connectivity index (χ1n) is 7.64. The molecule has 1 amide bonds. The summed E-state index contributed by atoms with van der Waals surface area (Å²) in [6.45, 7) is 4.89. The standard InChI is InChI=1S/C15H22FN3O4S/c1-15(2,3)23-14(20)18-12-7-9-19(10-11(12)16)24(21,22)13-6-4-5-8-17-13/h4-6,8,11-12H,7,9-10H2,1-3H3,(H,18,20)/t11-,12-/m1/s1. The zero-order valence-corrected chi connectivity index (χ0v) is 14.7. The van der Waals surface area contributed by atoms with Gasteiger partial charge < -0.3 is 10.1 Å². The number of nitrogens with zero attached hydrogens (tertiary/aromatic N) is 2. The zero-order chi connectivity index (χ0) is 18.0. The third-order valence-corrected chi connectivity index (χ3v) is 5.23. The zero-order valence-electron chi connectivity index (χ0n) is 13.9. The number of rotatable bonds is 3. The van der Waals surface area contributed by atoms with Crippen LogP contribution in [0.2, 0.25) is 0 Å². The Morgan fingerprint density at radius 1 is 1.42 bits per heavy atom. The van der Waals surface area contributed by atoms with Gasteiger partial charge in [-0.2, -0.15) is 4.31 Å². The van der Waals surface area contributed by atoms with Crippen molar-refractivity contribution in [1.82, 2.24) is 14.6 Å². The summed E-state index contributed by atoms with van der Waals surface area (Å²) in [5.74, 6) is 0. The summed E-state index contributed by atoms with van der Waals surface area (Å²) >= 11 is 0. The van der Waals surface area contributed by atoms with E-state index in [4.69, 9.17) is 4.74 Å². The van der Waals surface area contributed by atoms with Crippen LogP contribution in [0.1, 0.15) is 27.2 Å². The number of aromatic nitrogens is 1. The number of sulfonamides is 1. The van der Waals surface area contributed by atoms with E-state index in [1.807, 2.05) is 0 Å². The Hall–Kier alpha value is -1.74. The van der Waals surface area contributed by atoms with Crippen molar-refractivity contribution in [2.45, 2.75) is 50.0 Å². The third kappa shape index (κ3) is 4.64. The number of piperidine rings is 1. The van der Waals surface area contributed by atoms with Crippen molar-refractivity contribution in [3.8, 4) is 0 Å². The van der Waals surface area contributed by atoms with Gasteiger partial charge in [0.25, 0.3) is 10.0 Å². The molecule has 0 saturated carbocycles. The fourth-order valence-electron chi connectivity index (χ4n) is 2.35. The normalized spacial score (nSPS) is 22.8. The quantitative estimate of drug-likeness (QED) is 0.887. The van der Waals surface area contributed by atoms with Crippen molar-refractivity contribution >= 4 is 16.1 Å². The maximum atomic E-state index is 14.3. The number of ether oxygens (including phenoxy) is 1. The lowest BCUT2D eigenvalue weighted by Gasteiger charge is -2.34. The molecule has 1 aromatic heterocycles. The minimum atomic E-state index is -3.84. The first-order chi connectivity index (χ1) is 11.1. The van der Waals surface area contributed by atoms with Crippen molar-refractivity contribution in [2.75, 3.05) is 13.1 Å². The Bertz CT molecular complexity index is 676. The van der Waals surface area contributed by atoms with Gasteiger partial charge in [-0.3, -0.25) is 0 Å². The molecule has 134 valence electrons. The Labute approximate surface area is 141 Å². The van der Waals surface area contributed by atoms with Gasteiger partial charge >= 0.3 is 6.09 Å². The van der Waals surface area contributed by atoms with Crippen molar-refractivity contribution in [2.24, 2.45) is 0 Å². The van der Waals surface area contributed by atoms with E-state index in [2.05, 4.69) is 10.3 Å². The summed E-state index contributed by atoms with van der Waals surface area (Å²) < 4.78 is 45.4. The van der Waals surface area contributed by atoms with Crippen LogP contribution in [0, 0.1) is 0 Å². The molecule has 0 spiro atoms. The average Bonchev–Trinajstić information content (AvgIpc) is 2.48. The Balaban J connectivity index is 1.99. The fraction of sp³-hybridized carbons (Fsp3) is 0.600. The highest BCUT2D eigenvalue weighted by molar-refractivity contribution is 7.89. The SMILES string of the molecule is CC(C)(C)OC(=O)N[C@@H]1CCN(S(=O)(=O)c2ccccn2)C[C@H]1F. The van der Waals surface area contributed by atoms with Crippen LogP contribution in [-0.2, 0) is 14.8 Å². The lowest BCUT2D eigenvalue weighted by Crippen LogP contribution is -2.54. The second-order valence-corrected chi connectivity index (χ2v) is 8.47. The summed E-state index contributed by atoms with van der Waals surface area (Å²) in [5.41, 5.74) is -0.682. The highest BCUT2D eigenvalue weighted by Gasteiger charge is 2.37. The Morgan fingerprint density at radius 3 is 2.67 bits per heavy atom. The molecular formula is C15H22FN3O4S. The topological polar surface area (TPSA) is 88.6 Å². The molecule has 0 radical (unpaired) electrons. The van der Waals surface area contributed by atoms with Crippen molar-refractivity contribution in [1.29, 1.82) is 0 Å². The number of carbonyl (C=O) groups is 1.